The summed E-state index contributed by atoms with van der Waals surface area (Å²) in [5, 5.41) is 11.7. The van der Waals surface area contributed by atoms with Crippen LogP contribution in [0.25, 0.3) is 0 Å². The van der Waals surface area contributed by atoms with E-state index in [1.807, 2.05) is 0 Å². The summed E-state index contributed by atoms with van der Waals surface area (Å²) in [4.78, 5) is 6.94. The second-order valence-corrected chi connectivity index (χ2v) is 5.31. The molecule has 1 unspecified atom stereocenters. The van der Waals surface area contributed by atoms with Crippen molar-refractivity contribution >= 4 is 11.8 Å². The van der Waals surface area contributed by atoms with Crippen molar-refractivity contribution in [3.05, 3.63) is 6.20 Å². The van der Waals surface area contributed by atoms with Gasteiger partial charge in [0, 0.05) is 18.6 Å². The second-order valence-electron chi connectivity index (χ2n) is 5.31. The van der Waals surface area contributed by atoms with E-state index in [-0.39, 0.29) is 0 Å². The van der Waals surface area contributed by atoms with Gasteiger partial charge in [-0.3, -0.25) is 0 Å². The van der Waals surface area contributed by atoms with E-state index in [0.717, 1.165) is 24.7 Å². The third kappa shape index (κ3) is 2.54. The number of rotatable bonds is 4. The van der Waals surface area contributed by atoms with Gasteiger partial charge in [-0.25, -0.2) is 0 Å². The van der Waals surface area contributed by atoms with Crippen molar-refractivity contribution in [2.75, 3.05) is 16.8 Å². The number of piperidine rings is 1. The van der Waals surface area contributed by atoms with Gasteiger partial charge in [-0.1, -0.05) is 6.92 Å². The van der Waals surface area contributed by atoms with E-state index in [9.17, 15) is 0 Å². The fourth-order valence-electron chi connectivity index (χ4n) is 2.61. The third-order valence-electron chi connectivity index (χ3n) is 3.83. The quantitative estimate of drug-likeness (QED) is 0.884. The van der Waals surface area contributed by atoms with Crippen LogP contribution in [0.1, 0.15) is 45.4 Å². The zero-order valence-electron chi connectivity index (χ0n) is 11.0. The molecule has 0 spiro atoms. The van der Waals surface area contributed by atoms with E-state index in [4.69, 9.17) is 0 Å². The van der Waals surface area contributed by atoms with Crippen LogP contribution in [0.15, 0.2) is 6.20 Å². The number of hydrogen-bond donors (Lipinski definition) is 1. The molecule has 1 saturated heterocycles. The van der Waals surface area contributed by atoms with Gasteiger partial charge >= 0.3 is 0 Å². The highest BCUT2D eigenvalue weighted by molar-refractivity contribution is 5.41. The Morgan fingerprint density at radius 3 is 3.00 bits per heavy atom. The number of hydrogen-bond acceptors (Lipinski definition) is 5. The minimum Gasteiger partial charge on any atom is -0.366 e. The predicted octanol–water partition coefficient (Wildman–Crippen LogP) is 2.21. The predicted molar refractivity (Wildman–Crippen MR) is 71.7 cm³/mol. The third-order valence-corrected chi connectivity index (χ3v) is 3.83. The Bertz CT molecular complexity index is 404. The van der Waals surface area contributed by atoms with Crippen molar-refractivity contribution in [3.63, 3.8) is 0 Å². The van der Waals surface area contributed by atoms with E-state index in [0.29, 0.717) is 12.1 Å². The molecule has 5 heteroatoms. The maximum atomic E-state index is 4.62. The molecule has 2 fully saturated rings. The van der Waals surface area contributed by atoms with Crippen molar-refractivity contribution in [1.82, 2.24) is 15.2 Å². The molecule has 0 amide bonds. The van der Waals surface area contributed by atoms with Crippen LogP contribution < -0.4 is 10.2 Å². The van der Waals surface area contributed by atoms with E-state index in [2.05, 4.69) is 32.3 Å². The van der Waals surface area contributed by atoms with Crippen LogP contribution in [0.4, 0.5) is 11.8 Å². The highest BCUT2D eigenvalue weighted by Gasteiger charge is 2.25. The molecule has 1 aromatic heterocycles. The fraction of sp³-hybridized carbons (Fsp3) is 0.769. The summed E-state index contributed by atoms with van der Waals surface area (Å²) in [5.41, 5.74) is 0. The summed E-state index contributed by atoms with van der Waals surface area (Å²) < 4.78 is 0. The number of aromatic nitrogens is 3. The van der Waals surface area contributed by atoms with Gasteiger partial charge in [0.25, 0.3) is 0 Å². The van der Waals surface area contributed by atoms with Gasteiger partial charge in [0.1, 0.15) is 0 Å². The first-order chi connectivity index (χ1) is 8.86. The zero-order chi connectivity index (χ0) is 12.4. The summed E-state index contributed by atoms with van der Waals surface area (Å²) in [6.07, 6.45) is 9.19. The zero-order valence-corrected chi connectivity index (χ0v) is 11.0. The Morgan fingerprint density at radius 2 is 2.22 bits per heavy atom. The van der Waals surface area contributed by atoms with Gasteiger partial charge in [-0.05, 0) is 38.5 Å². The average Bonchev–Trinajstić information content (AvgIpc) is 3.23. The van der Waals surface area contributed by atoms with E-state index < -0.39 is 0 Å². The van der Waals surface area contributed by atoms with Crippen molar-refractivity contribution in [2.45, 2.75) is 57.5 Å². The summed E-state index contributed by atoms with van der Waals surface area (Å²) in [7, 11) is 0. The van der Waals surface area contributed by atoms with Crippen molar-refractivity contribution < 1.29 is 0 Å². The number of nitrogens with one attached hydrogen (secondary N) is 1. The minimum absolute atomic E-state index is 0.580. The first-order valence-corrected chi connectivity index (χ1v) is 7.09. The Kier molecular flexibility index (Phi) is 3.30. The molecule has 2 aliphatic rings. The van der Waals surface area contributed by atoms with Gasteiger partial charge in [-0.15, -0.1) is 5.10 Å². The first-order valence-electron chi connectivity index (χ1n) is 7.09. The highest BCUT2D eigenvalue weighted by Crippen LogP contribution is 2.26. The summed E-state index contributed by atoms with van der Waals surface area (Å²) in [5.74, 6) is 1.68. The standard InChI is InChI=1S/C13H21N5/c1-2-11-5-3-4-8-18(11)13-16-12(9-14-17-13)15-10-6-7-10/h9-11H,2-8H2,1H3,(H,15,16,17). The topological polar surface area (TPSA) is 53.9 Å². The van der Waals surface area contributed by atoms with Crippen LogP contribution >= 0.6 is 0 Å². The molecule has 18 heavy (non-hydrogen) atoms. The maximum absolute atomic E-state index is 4.62. The Hall–Kier alpha value is -1.39. The second kappa shape index (κ2) is 5.08. The molecule has 1 aliphatic carbocycles. The highest BCUT2D eigenvalue weighted by atomic mass is 15.3. The molecule has 3 rings (SSSR count). The minimum atomic E-state index is 0.580. The van der Waals surface area contributed by atoms with Crippen molar-refractivity contribution in [3.8, 4) is 0 Å². The molecule has 1 aromatic rings. The van der Waals surface area contributed by atoms with Gasteiger partial charge in [0.05, 0.1) is 6.20 Å². The smallest absolute Gasteiger partial charge is 0.247 e. The first kappa shape index (κ1) is 11.7. The van der Waals surface area contributed by atoms with Gasteiger partial charge in [-0.2, -0.15) is 10.1 Å². The molecule has 0 radical (unpaired) electrons. The monoisotopic (exact) mass is 247 g/mol. The van der Waals surface area contributed by atoms with Crippen LogP contribution in [0.3, 0.4) is 0 Å². The van der Waals surface area contributed by atoms with Crippen molar-refractivity contribution in [2.24, 2.45) is 0 Å². The van der Waals surface area contributed by atoms with Crippen LogP contribution in [0.5, 0.6) is 0 Å². The Morgan fingerprint density at radius 1 is 1.33 bits per heavy atom. The molecule has 1 saturated carbocycles. The molecule has 5 nitrogen and oxygen atoms in total. The maximum Gasteiger partial charge on any atom is 0.247 e. The molecule has 1 atom stereocenters. The van der Waals surface area contributed by atoms with Crippen LogP contribution in [-0.4, -0.2) is 33.8 Å². The van der Waals surface area contributed by atoms with Crippen LogP contribution in [-0.2, 0) is 0 Å². The van der Waals surface area contributed by atoms with E-state index >= 15 is 0 Å². The molecule has 2 heterocycles. The SMILES string of the molecule is CCC1CCCCN1c1nncc(NC2CC2)n1. The molecule has 0 aromatic carbocycles. The average molecular weight is 247 g/mol. The van der Waals surface area contributed by atoms with Crippen LogP contribution in [0, 0.1) is 0 Å². The lowest BCUT2D eigenvalue weighted by atomic mass is 10.0. The summed E-state index contributed by atoms with van der Waals surface area (Å²) in [6, 6.07) is 1.19. The molecule has 1 aliphatic heterocycles. The van der Waals surface area contributed by atoms with Gasteiger partial charge < -0.3 is 10.2 Å². The van der Waals surface area contributed by atoms with Gasteiger partial charge in [0.2, 0.25) is 5.95 Å². The number of nitrogens with zero attached hydrogens (tertiary/aromatic N) is 4. The fourth-order valence-corrected chi connectivity index (χ4v) is 2.61. The molecular formula is C13H21N5. The van der Waals surface area contributed by atoms with Crippen molar-refractivity contribution in [1.29, 1.82) is 0 Å². The molecule has 1 N–H and O–H groups in total. The van der Waals surface area contributed by atoms with Crippen LogP contribution in [0.2, 0.25) is 0 Å². The lowest BCUT2D eigenvalue weighted by Gasteiger charge is -2.34. The number of anilines is 2. The Balaban J connectivity index is 1.76. The molecule has 0 bridgehead atoms. The molecule has 98 valence electrons. The van der Waals surface area contributed by atoms with E-state index in [1.165, 1.54) is 32.1 Å². The lowest BCUT2D eigenvalue weighted by Crippen LogP contribution is -2.40. The normalized spacial score (nSPS) is 24.1. The Labute approximate surface area is 108 Å². The summed E-state index contributed by atoms with van der Waals surface area (Å²) in [6.45, 7) is 3.30. The lowest BCUT2D eigenvalue weighted by molar-refractivity contribution is 0.441. The summed E-state index contributed by atoms with van der Waals surface area (Å²) >= 11 is 0. The molecular weight excluding hydrogens is 226 g/mol. The largest absolute Gasteiger partial charge is 0.366 e. The van der Waals surface area contributed by atoms with E-state index in [1.54, 1.807) is 6.20 Å². The van der Waals surface area contributed by atoms with Gasteiger partial charge in [0.15, 0.2) is 5.82 Å².